The van der Waals surface area contributed by atoms with Gasteiger partial charge in [0, 0.05) is 38.3 Å². The predicted molar refractivity (Wildman–Crippen MR) is 102 cm³/mol. The van der Waals surface area contributed by atoms with Crippen molar-refractivity contribution in [1.29, 1.82) is 0 Å². The Hall–Kier alpha value is -1.99. The smallest absolute Gasteiger partial charge is 0.357 e. The summed E-state index contributed by atoms with van der Waals surface area (Å²) in [5.41, 5.74) is 0.867. The van der Waals surface area contributed by atoms with Crippen molar-refractivity contribution in [3.05, 3.63) is 23.9 Å². The lowest BCUT2D eigenvalue weighted by Gasteiger charge is -2.32. The largest absolute Gasteiger partial charge is 0.389 e. The number of amides is 2. The Kier molecular flexibility index (Phi) is 7.02. The van der Waals surface area contributed by atoms with Gasteiger partial charge in [0.2, 0.25) is 0 Å². The Morgan fingerprint density at radius 2 is 1.86 bits per heavy atom. The molecule has 2 aliphatic rings. The third-order valence-electron chi connectivity index (χ3n) is 5.66. The highest BCUT2D eigenvalue weighted by Gasteiger charge is 2.37. The monoisotopic (exact) mass is 398 g/mol. The van der Waals surface area contributed by atoms with Gasteiger partial charge in [-0.2, -0.15) is 13.2 Å². The minimum absolute atomic E-state index is 0.301. The van der Waals surface area contributed by atoms with E-state index >= 15 is 0 Å². The lowest BCUT2D eigenvalue weighted by Crippen LogP contribution is -2.47. The molecule has 1 saturated heterocycles. The molecule has 5 nitrogen and oxygen atoms in total. The molecule has 8 heteroatoms. The van der Waals surface area contributed by atoms with Crippen LogP contribution in [0.3, 0.4) is 0 Å². The zero-order chi connectivity index (χ0) is 20.0. The number of anilines is 1. The zero-order valence-corrected chi connectivity index (χ0v) is 16.1. The summed E-state index contributed by atoms with van der Waals surface area (Å²) in [5.74, 6) is 0.412. The lowest BCUT2D eigenvalue weighted by molar-refractivity contribution is -0.148. The van der Waals surface area contributed by atoms with Crippen LogP contribution < -0.4 is 15.5 Å². The van der Waals surface area contributed by atoms with Gasteiger partial charge in [-0.25, -0.2) is 9.78 Å². The van der Waals surface area contributed by atoms with Gasteiger partial charge in [0.1, 0.15) is 5.82 Å². The number of rotatable bonds is 5. The number of hydrogen-bond acceptors (Lipinski definition) is 3. The van der Waals surface area contributed by atoms with E-state index in [4.69, 9.17) is 0 Å². The van der Waals surface area contributed by atoms with Gasteiger partial charge in [-0.05, 0) is 49.7 Å². The molecule has 1 saturated carbocycles. The molecule has 0 bridgehead atoms. The number of nitrogens with one attached hydrogen (secondary N) is 2. The normalized spacial score (nSPS) is 23.3. The van der Waals surface area contributed by atoms with Crippen LogP contribution in [0, 0.1) is 5.92 Å². The minimum atomic E-state index is -4.19. The molecule has 28 heavy (non-hydrogen) atoms. The van der Waals surface area contributed by atoms with Gasteiger partial charge in [0.15, 0.2) is 0 Å². The summed E-state index contributed by atoms with van der Waals surface area (Å²) in [6.45, 7) is 2.34. The number of carbonyl (C=O) groups is 1. The summed E-state index contributed by atoms with van der Waals surface area (Å²) in [5, 5.41) is 5.49. The fraction of sp³-hybridized carbons (Fsp3) is 0.700. The number of piperidine rings is 1. The second-order valence-electron chi connectivity index (χ2n) is 7.87. The highest BCUT2D eigenvalue weighted by molar-refractivity contribution is 5.74. The van der Waals surface area contributed by atoms with Crippen LogP contribution in [-0.4, -0.2) is 36.3 Å². The maximum Gasteiger partial charge on any atom is 0.389 e. The third kappa shape index (κ3) is 6.27. The van der Waals surface area contributed by atoms with Crippen molar-refractivity contribution in [2.45, 2.75) is 70.1 Å². The molecule has 1 aromatic heterocycles. The van der Waals surface area contributed by atoms with Gasteiger partial charge >= 0.3 is 12.2 Å². The van der Waals surface area contributed by atoms with Crippen LogP contribution >= 0.6 is 0 Å². The number of urea groups is 1. The first-order valence-electron chi connectivity index (χ1n) is 10.2. The molecule has 0 unspecified atom stereocenters. The molecular formula is C20H29F3N4O. The molecule has 1 aliphatic carbocycles. The van der Waals surface area contributed by atoms with Gasteiger partial charge in [-0.3, -0.25) is 0 Å². The average molecular weight is 398 g/mol. The Balaban J connectivity index is 1.46. The third-order valence-corrected chi connectivity index (χ3v) is 5.66. The van der Waals surface area contributed by atoms with Gasteiger partial charge in [0.05, 0.1) is 0 Å². The summed E-state index contributed by atoms with van der Waals surface area (Å²) in [6, 6.07) is 3.06. The molecule has 0 radical (unpaired) electrons. The van der Waals surface area contributed by atoms with Crippen LogP contribution in [0.5, 0.6) is 0 Å². The molecular weight excluding hydrogens is 369 g/mol. The summed E-state index contributed by atoms with van der Waals surface area (Å²) in [7, 11) is 0. The van der Waals surface area contributed by atoms with Gasteiger partial charge in [0.25, 0.3) is 0 Å². The van der Waals surface area contributed by atoms with Crippen LogP contribution in [0.2, 0.25) is 0 Å². The van der Waals surface area contributed by atoms with Crippen LogP contribution in [0.25, 0.3) is 0 Å². The SMILES string of the molecule is O=C(NCc1ccc(N2CCCCC2)nc1)N[C@H]1CCCC[C@H]1CC(F)(F)F. The first kappa shape index (κ1) is 20.7. The van der Waals surface area contributed by atoms with Crippen molar-refractivity contribution in [2.75, 3.05) is 18.0 Å². The van der Waals surface area contributed by atoms with Crippen LogP contribution in [0.4, 0.5) is 23.8 Å². The fourth-order valence-electron chi connectivity index (χ4n) is 4.17. The summed E-state index contributed by atoms with van der Waals surface area (Å²) in [6.07, 6.45) is 3.09. The van der Waals surface area contributed by atoms with E-state index in [-0.39, 0.29) is 0 Å². The predicted octanol–water partition coefficient (Wildman–Crippen LogP) is 4.38. The second-order valence-corrected chi connectivity index (χ2v) is 7.87. The highest BCUT2D eigenvalue weighted by atomic mass is 19.4. The van der Waals surface area contributed by atoms with E-state index in [0.29, 0.717) is 19.4 Å². The van der Waals surface area contributed by atoms with E-state index in [1.807, 2.05) is 12.1 Å². The fourth-order valence-corrected chi connectivity index (χ4v) is 4.17. The quantitative estimate of drug-likeness (QED) is 0.774. The summed E-state index contributed by atoms with van der Waals surface area (Å²) < 4.78 is 38.2. The first-order valence-corrected chi connectivity index (χ1v) is 10.2. The van der Waals surface area contributed by atoms with E-state index < -0.39 is 30.6 Å². The lowest BCUT2D eigenvalue weighted by atomic mass is 9.82. The molecule has 1 aromatic rings. The van der Waals surface area contributed by atoms with Crippen molar-refractivity contribution in [1.82, 2.24) is 15.6 Å². The maximum atomic E-state index is 12.7. The van der Waals surface area contributed by atoms with E-state index in [2.05, 4.69) is 20.5 Å². The molecule has 2 N–H and O–H groups in total. The van der Waals surface area contributed by atoms with Crippen LogP contribution in [-0.2, 0) is 6.54 Å². The average Bonchev–Trinajstić information content (AvgIpc) is 2.68. The second kappa shape index (κ2) is 9.47. The van der Waals surface area contributed by atoms with Crippen molar-refractivity contribution < 1.29 is 18.0 Å². The minimum Gasteiger partial charge on any atom is -0.357 e. The van der Waals surface area contributed by atoms with Crippen molar-refractivity contribution in [3.8, 4) is 0 Å². The maximum absolute atomic E-state index is 12.7. The summed E-state index contributed by atoms with van der Waals surface area (Å²) >= 11 is 0. The Morgan fingerprint density at radius 3 is 2.54 bits per heavy atom. The first-order chi connectivity index (χ1) is 13.4. The van der Waals surface area contributed by atoms with Gasteiger partial charge in [-0.1, -0.05) is 18.9 Å². The van der Waals surface area contributed by atoms with E-state index in [1.54, 1.807) is 6.20 Å². The molecule has 1 aliphatic heterocycles. The van der Waals surface area contributed by atoms with Crippen LogP contribution in [0.15, 0.2) is 18.3 Å². The molecule has 0 spiro atoms. The number of hydrogen-bond donors (Lipinski definition) is 2. The molecule has 2 amide bonds. The molecule has 0 aromatic carbocycles. The summed E-state index contributed by atoms with van der Waals surface area (Å²) in [4.78, 5) is 18.9. The van der Waals surface area contributed by atoms with Crippen LogP contribution in [0.1, 0.15) is 56.9 Å². The number of carbonyl (C=O) groups excluding carboxylic acids is 1. The molecule has 2 atom stereocenters. The van der Waals surface area contributed by atoms with Gasteiger partial charge < -0.3 is 15.5 Å². The zero-order valence-electron chi connectivity index (χ0n) is 16.1. The van der Waals surface area contributed by atoms with Gasteiger partial charge in [-0.15, -0.1) is 0 Å². The van der Waals surface area contributed by atoms with E-state index in [1.165, 1.54) is 19.3 Å². The molecule has 2 fully saturated rings. The molecule has 3 rings (SSSR count). The number of aromatic nitrogens is 1. The van der Waals surface area contributed by atoms with Crippen molar-refractivity contribution >= 4 is 11.8 Å². The number of alkyl halides is 3. The molecule has 156 valence electrons. The number of pyridine rings is 1. The van der Waals surface area contributed by atoms with Crippen molar-refractivity contribution in [2.24, 2.45) is 5.92 Å². The number of nitrogens with zero attached hydrogens (tertiary/aromatic N) is 2. The topological polar surface area (TPSA) is 57.3 Å². The standard InChI is InChI=1S/C20H29F3N4O/c21-20(22,23)12-16-6-2-3-7-17(16)26-19(28)25-14-15-8-9-18(24-13-15)27-10-4-1-5-11-27/h8-9,13,16-17H,1-7,10-12,14H2,(H2,25,26,28)/t16-,17-/m0/s1. The van der Waals surface area contributed by atoms with E-state index in [0.717, 1.165) is 37.3 Å². The highest BCUT2D eigenvalue weighted by Crippen LogP contribution is 2.34. The Morgan fingerprint density at radius 1 is 1.11 bits per heavy atom. The Labute approximate surface area is 164 Å². The molecule has 2 heterocycles. The Bertz CT molecular complexity index is 629. The van der Waals surface area contributed by atoms with E-state index in [9.17, 15) is 18.0 Å². The van der Waals surface area contributed by atoms with Crippen molar-refractivity contribution in [3.63, 3.8) is 0 Å². The number of halogens is 3.